The highest BCUT2D eigenvalue weighted by Crippen LogP contribution is 2.45. The van der Waals surface area contributed by atoms with Gasteiger partial charge in [0.25, 0.3) is 0 Å². The van der Waals surface area contributed by atoms with Gasteiger partial charge in [-0.25, -0.2) is 0 Å². The fourth-order valence-corrected chi connectivity index (χ4v) is 5.48. The molecule has 1 aliphatic rings. The monoisotopic (exact) mass is 566 g/mol. The van der Waals surface area contributed by atoms with Crippen molar-refractivity contribution in [3.05, 3.63) is 108 Å². The van der Waals surface area contributed by atoms with Crippen molar-refractivity contribution >= 4 is 11.9 Å². The Kier molecular flexibility index (Phi) is 10.4. The number of carbonyl (C=O) groups excluding carboxylic acids is 2. The molecule has 0 unspecified atom stereocenters. The third-order valence-corrected chi connectivity index (χ3v) is 7.56. The maximum atomic E-state index is 11.1. The summed E-state index contributed by atoms with van der Waals surface area (Å²) in [7, 11) is 3.34. The van der Waals surface area contributed by atoms with Gasteiger partial charge in [0.15, 0.2) is 0 Å². The van der Waals surface area contributed by atoms with Gasteiger partial charge >= 0.3 is 11.9 Å². The van der Waals surface area contributed by atoms with Crippen LogP contribution >= 0.6 is 0 Å². The number of carbonyl (C=O) groups is 2. The zero-order chi connectivity index (χ0) is 30.0. The zero-order valence-corrected chi connectivity index (χ0v) is 24.7. The third kappa shape index (κ3) is 7.78. The number of rotatable bonds is 7. The quantitative estimate of drug-likeness (QED) is 0.166. The van der Waals surface area contributed by atoms with Gasteiger partial charge in [-0.1, -0.05) is 67.8 Å². The molecule has 0 aromatic heterocycles. The van der Waals surface area contributed by atoms with Gasteiger partial charge in [-0.3, -0.25) is 9.59 Å². The van der Waals surface area contributed by atoms with E-state index in [0.29, 0.717) is 11.5 Å². The minimum atomic E-state index is -0.313. The number of hydrogen-bond donors (Lipinski definition) is 0. The molecule has 0 aliphatic heterocycles. The summed E-state index contributed by atoms with van der Waals surface area (Å²) >= 11 is 0. The molecule has 0 heterocycles. The van der Waals surface area contributed by atoms with Gasteiger partial charge in [0.1, 0.15) is 23.0 Å². The van der Waals surface area contributed by atoms with Crippen LogP contribution in [-0.2, 0) is 15.0 Å². The van der Waals surface area contributed by atoms with E-state index in [-0.39, 0.29) is 17.4 Å². The van der Waals surface area contributed by atoms with Gasteiger partial charge in [-0.2, -0.15) is 0 Å². The molecule has 4 aromatic rings. The van der Waals surface area contributed by atoms with Crippen molar-refractivity contribution in [1.82, 2.24) is 0 Å². The fourth-order valence-electron chi connectivity index (χ4n) is 5.48. The van der Waals surface area contributed by atoms with Crippen LogP contribution in [0, 0.1) is 0 Å². The lowest BCUT2D eigenvalue weighted by Crippen LogP contribution is -2.30. The second-order valence-corrected chi connectivity index (χ2v) is 10.3. The normalized spacial score (nSPS) is 13.6. The van der Waals surface area contributed by atoms with E-state index in [2.05, 4.69) is 24.3 Å². The average Bonchev–Trinajstić information content (AvgIpc) is 3.02. The van der Waals surface area contributed by atoms with Crippen LogP contribution in [0.15, 0.2) is 97.1 Å². The highest BCUT2D eigenvalue weighted by Gasteiger charge is 2.35. The summed E-state index contributed by atoms with van der Waals surface area (Å²) in [6, 6.07) is 31.6. The largest absolute Gasteiger partial charge is 0.497 e. The molecule has 6 nitrogen and oxygen atoms in total. The molecular weight excluding hydrogens is 528 g/mol. The van der Waals surface area contributed by atoms with E-state index in [1.807, 2.05) is 60.7 Å². The summed E-state index contributed by atoms with van der Waals surface area (Å²) in [6.45, 7) is 2.81. The molecule has 0 atom stereocenters. The summed E-state index contributed by atoms with van der Waals surface area (Å²) < 4.78 is 20.6. The van der Waals surface area contributed by atoms with Crippen molar-refractivity contribution in [3.8, 4) is 34.1 Å². The zero-order valence-electron chi connectivity index (χ0n) is 24.7. The van der Waals surface area contributed by atoms with Gasteiger partial charge < -0.3 is 18.9 Å². The Labute approximate surface area is 248 Å². The van der Waals surface area contributed by atoms with E-state index in [0.717, 1.165) is 35.5 Å². The molecule has 5 rings (SSSR count). The Morgan fingerprint density at radius 3 is 1.19 bits per heavy atom. The molecule has 1 saturated carbocycles. The van der Waals surface area contributed by atoms with Gasteiger partial charge in [0.05, 0.1) is 14.2 Å². The molecule has 42 heavy (non-hydrogen) atoms. The molecule has 0 radical (unpaired) electrons. The van der Waals surface area contributed by atoms with Gasteiger partial charge in [0.2, 0.25) is 0 Å². The first-order chi connectivity index (χ1) is 20.3. The summed E-state index contributed by atoms with van der Waals surface area (Å²) in [5.41, 5.74) is 4.82. The smallest absolute Gasteiger partial charge is 0.308 e. The lowest BCUT2D eigenvalue weighted by molar-refractivity contribution is -0.132. The van der Waals surface area contributed by atoms with Gasteiger partial charge in [0, 0.05) is 19.3 Å². The molecule has 6 heteroatoms. The molecule has 4 aromatic carbocycles. The maximum absolute atomic E-state index is 11.1. The highest BCUT2D eigenvalue weighted by atomic mass is 16.5. The van der Waals surface area contributed by atoms with Crippen LogP contribution in [0.25, 0.3) is 11.1 Å². The van der Waals surface area contributed by atoms with E-state index in [1.165, 1.54) is 44.2 Å². The maximum Gasteiger partial charge on any atom is 0.308 e. The summed E-state index contributed by atoms with van der Waals surface area (Å²) in [5, 5.41) is 0. The third-order valence-electron chi connectivity index (χ3n) is 7.56. The number of ether oxygens (including phenoxy) is 4. The first-order valence-corrected chi connectivity index (χ1v) is 14.2. The highest BCUT2D eigenvalue weighted by molar-refractivity contribution is 5.70. The van der Waals surface area contributed by atoms with Crippen LogP contribution in [-0.4, -0.2) is 26.2 Å². The Bertz CT molecular complexity index is 1430. The van der Waals surface area contributed by atoms with Crippen molar-refractivity contribution in [1.29, 1.82) is 0 Å². The fraction of sp³-hybridized carbons (Fsp3) is 0.278. The minimum Gasteiger partial charge on any atom is -0.497 e. The topological polar surface area (TPSA) is 71.1 Å². The molecule has 218 valence electrons. The van der Waals surface area contributed by atoms with Gasteiger partial charge in [-0.05, 0) is 83.6 Å². The first-order valence-electron chi connectivity index (χ1n) is 14.2. The Morgan fingerprint density at radius 1 is 0.500 bits per heavy atom. The predicted octanol–water partition coefficient (Wildman–Crippen LogP) is 8.16. The lowest BCUT2D eigenvalue weighted by atomic mass is 9.65. The summed E-state index contributed by atoms with van der Waals surface area (Å²) in [4.78, 5) is 21.9. The van der Waals surface area contributed by atoms with Crippen molar-refractivity contribution in [2.75, 3.05) is 14.2 Å². The Hall–Kier alpha value is -4.58. The molecule has 0 saturated heterocycles. The predicted molar refractivity (Wildman–Crippen MR) is 164 cm³/mol. The SMILES string of the molecule is COc1ccc(-c2ccc(OC(C)=O)cc2)cc1.COc1ccc(C2(c3ccc(OC(C)=O)cc3)CCCCC2)cc1. The van der Waals surface area contributed by atoms with Crippen LogP contribution < -0.4 is 18.9 Å². The Balaban J connectivity index is 0.000000201. The number of methoxy groups -OCH3 is 2. The van der Waals surface area contributed by atoms with E-state index in [1.54, 1.807) is 26.4 Å². The van der Waals surface area contributed by atoms with Crippen molar-refractivity contribution in [2.24, 2.45) is 0 Å². The van der Waals surface area contributed by atoms with E-state index < -0.39 is 0 Å². The molecule has 1 fully saturated rings. The second kappa shape index (κ2) is 14.4. The number of hydrogen-bond acceptors (Lipinski definition) is 6. The van der Waals surface area contributed by atoms with E-state index >= 15 is 0 Å². The lowest BCUT2D eigenvalue weighted by Gasteiger charge is -2.38. The van der Waals surface area contributed by atoms with Gasteiger partial charge in [-0.15, -0.1) is 0 Å². The molecule has 0 bridgehead atoms. The van der Waals surface area contributed by atoms with Crippen LogP contribution in [0.3, 0.4) is 0 Å². The van der Waals surface area contributed by atoms with Crippen LogP contribution in [0.4, 0.5) is 0 Å². The van der Waals surface area contributed by atoms with Crippen molar-refractivity contribution in [3.63, 3.8) is 0 Å². The van der Waals surface area contributed by atoms with Crippen molar-refractivity contribution < 1.29 is 28.5 Å². The van der Waals surface area contributed by atoms with E-state index in [9.17, 15) is 9.59 Å². The molecule has 0 N–H and O–H groups in total. The average molecular weight is 567 g/mol. The Morgan fingerprint density at radius 2 is 0.833 bits per heavy atom. The van der Waals surface area contributed by atoms with E-state index in [4.69, 9.17) is 18.9 Å². The molecular formula is C36H38O6. The minimum absolute atomic E-state index is 0.0409. The molecule has 1 aliphatic carbocycles. The standard InChI is InChI=1S/C21H24O3.C15H14O3/c1-16(22)24-20-12-8-18(9-13-20)21(14-4-3-5-15-21)17-6-10-19(23-2)11-7-17;1-11(16)18-15-9-5-13(6-10-15)12-3-7-14(17-2)8-4-12/h6-13H,3-5,14-15H2,1-2H3;3-10H,1-2H3. The van der Waals surface area contributed by atoms with Crippen LogP contribution in [0.1, 0.15) is 57.1 Å². The van der Waals surface area contributed by atoms with Crippen LogP contribution in [0.5, 0.6) is 23.0 Å². The first kappa shape index (κ1) is 30.4. The molecule has 0 amide bonds. The molecule has 0 spiro atoms. The second-order valence-electron chi connectivity index (χ2n) is 10.3. The van der Waals surface area contributed by atoms with Crippen molar-refractivity contribution in [2.45, 2.75) is 51.4 Å². The van der Waals surface area contributed by atoms with Crippen LogP contribution in [0.2, 0.25) is 0 Å². The summed E-state index contributed by atoms with van der Waals surface area (Å²) in [6.07, 6.45) is 6.05. The number of esters is 2. The summed E-state index contributed by atoms with van der Waals surface area (Å²) in [5.74, 6) is 2.27. The number of benzene rings is 4.